The Kier molecular flexibility index (Phi) is 10.8. The Balaban J connectivity index is 1.30. The first-order valence-corrected chi connectivity index (χ1v) is 15.2. The zero-order valence-corrected chi connectivity index (χ0v) is 26.7. The smallest absolute Gasteiger partial charge is 0.344 e. The number of rotatable bonds is 13. The number of piperazine rings is 1. The summed E-state index contributed by atoms with van der Waals surface area (Å²) in [7, 11) is 5.11. The predicted molar refractivity (Wildman–Crippen MR) is 172 cm³/mol. The minimum atomic E-state index is -0.485. The summed E-state index contributed by atoms with van der Waals surface area (Å²) in [5, 5.41) is 2.86. The van der Waals surface area contributed by atoms with Crippen LogP contribution in [0.1, 0.15) is 35.8 Å². The van der Waals surface area contributed by atoms with E-state index in [1.165, 1.54) is 26.4 Å². The lowest BCUT2D eigenvalue weighted by Gasteiger charge is -2.32. The van der Waals surface area contributed by atoms with Crippen LogP contribution in [0.5, 0.6) is 17.2 Å². The van der Waals surface area contributed by atoms with Gasteiger partial charge >= 0.3 is 5.97 Å². The van der Waals surface area contributed by atoms with E-state index in [0.717, 1.165) is 54.0 Å². The molecule has 2 aromatic carbocycles. The van der Waals surface area contributed by atoms with Crippen LogP contribution >= 0.6 is 0 Å². The number of hydrogen-bond donors (Lipinski definition) is 1. The molecule has 0 bridgehead atoms. The van der Waals surface area contributed by atoms with Crippen molar-refractivity contribution < 1.29 is 37.3 Å². The Morgan fingerprint density at radius 1 is 1.02 bits per heavy atom. The molecule has 2 heterocycles. The second-order valence-electron chi connectivity index (χ2n) is 11.3. The van der Waals surface area contributed by atoms with Gasteiger partial charge in [-0.1, -0.05) is 6.07 Å². The summed E-state index contributed by atoms with van der Waals surface area (Å²) < 4.78 is 42.2. The highest BCUT2D eigenvalue weighted by Gasteiger charge is 2.26. The van der Waals surface area contributed by atoms with E-state index in [4.69, 9.17) is 23.4 Å². The van der Waals surface area contributed by atoms with Gasteiger partial charge in [-0.25, -0.2) is 9.18 Å². The molecule has 1 aliphatic heterocycles. The van der Waals surface area contributed by atoms with Crippen LogP contribution < -0.4 is 19.5 Å². The molecule has 0 unspecified atom stereocenters. The fourth-order valence-electron chi connectivity index (χ4n) is 5.63. The zero-order valence-electron chi connectivity index (χ0n) is 26.7. The Morgan fingerprint density at radius 2 is 1.76 bits per heavy atom. The van der Waals surface area contributed by atoms with E-state index in [1.807, 2.05) is 13.0 Å². The van der Waals surface area contributed by atoms with E-state index in [1.54, 1.807) is 36.6 Å². The summed E-state index contributed by atoms with van der Waals surface area (Å²) in [6.07, 6.45) is 3.56. The first-order chi connectivity index (χ1) is 22.2. The molecule has 5 rings (SSSR count). The van der Waals surface area contributed by atoms with Gasteiger partial charge in [0, 0.05) is 32.7 Å². The standard InChI is InChI=1S/C35H40FN3O7/c1-23-28(27-8-7-25(36)19-30(27)29(23)20-33(40)37-21-26-6-5-14-44-26)16-24-17-31(42-3)35(32(18-24)43-4)46-22-34(41)45-15-13-39-11-9-38(2)10-12-39/h5-8,14,16-19H,9-13,15,20-22H2,1-4H3,(H,37,40). The van der Waals surface area contributed by atoms with Crippen LogP contribution in [0.15, 0.2) is 58.7 Å². The lowest BCUT2D eigenvalue weighted by molar-refractivity contribution is -0.146. The Morgan fingerprint density at radius 3 is 2.43 bits per heavy atom. The molecular formula is C35H40FN3O7. The number of furan rings is 1. The van der Waals surface area contributed by atoms with Gasteiger partial charge in [0.2, 0.25) is 11.7 Å². The number of hydrogen-bond acceptors (Lipinski definition) is 9. The molecule has 11 heteroatoms. The maximum absolute atomic E-state index is 14.4. The lowest BCUT2D eigenvalue weighted by Crippen LogP contribution is -2.45. The number of esters is 1. The molecule has 0 saturated carbocycles. The van der Waals surface area contributed by atoms with Gasteiger partial charge in [-0.05, 0) is 89.9 Å². The monoisotopic (exact) mass is 633 g/mol. The van der Waals surface area contributed by atoms with Gasteiger partial charge < -0.3 is 33.6 Å². The number of halogens is 1. The molecule has 1 amide bonds. The number of amides is 1. The van der Waals surface area contributed by atoms with Crippen molar-refractivity contribution in [2.45, 2.75) is 19.9 Å². The first-order valence-electron chi connectivity index (χ1n) is 15.2. The van der Waals surface area contributed by atoms with E-state index < -0.39 is 5.97 Å². The number of nitrogens with zero attached hydrogens (tertiary/aromatic N) is 2. The van der Waals surface area contributed by atoms with Gasteiger partial charge in [0.15, 0.2) is 18.1 Å². The number of carbonyl (C=O) groups excluding carboxylic acids is 2. The van der Waals surface area contributed by atoms with Gasteiger partial charge in [-0.3, -0.25) is 9.69 Å². The molecule has 0 spiro atoms. The van der Waals surface area contributed by atoms with Crippen molar-refractivity contribution in [3.05, 3.63) is 82.6 Å². The minimum Gasteiger partial charge on any atom is -0.493 e. The molecular weight excluding hydrogens is 593 g/mol. The maximum Gasteiger partial charge on any atom is 0.344 e. The average Bonchev–Trinajstić information content (AvgIpc) is 3.66. The second kappa shape index (κ2) is 15.1. The summed E-state index contributed by atoms with van der Waals surface area (Å²) in [6.45, 7) is 6.73. The molecule has 46 heavy (non-hydrogen) atoms. The highest BCUT2D eigenvalue weighted by atomic mass is 19.1. The number of likely N-dealkylation sites (N-methyl/N-ethyl adjacent to an activating group) is 1. The van der Waals surface area contributed by atoms with E-state index in [0.29, 0.717) is 36.0 Å². The van der Waals surface area contributed by atoms with Crippen LogP contribution in [-0.2, 0) is 20.9 Å². The van der Waals surface area contributed by atoms with Gasteiger partial charge in [-0.15, -0.1) is 0 Å². The van der Waals surface area contributed by atoms with Crippen LogP contribution in [0.2, 0.25) is 0 Å². The Bertz CT molecular complexity index is 1580. The van der Waals surface area contributed by atoms with E-state index >= 15 is 0 Å². The van der Waals surface area contributed by atoms with Crippen molar-refractivity contribution in [1.29, 1.82) is 0 Å². The summed E-state index contributed by atoms with van der Waals surface area (Å²) in [6, 6.07) is 11.7. The molecule has 244 valence electrons. The predicted octanol–water partition coefficient (Wildman–Crippen LogP) is 4.64. The number of benzene rings is 2. The maximum atomic E-state index is 14.4. The first kappa shape index (κ1) is 32.8. The third kappa shape index (κ3) is 7.96. The normalized spacial score (nSPS) is 16.0. The topological polar surface area (TPSA) is 103 Å². The van der Waals surface area contributed by atoms with Crippen LogP contribution in [-0.4, -0.2) is 88.9 Å². The zero-order chi connectivity index (χ0) is 32.6. The summed E-state index contributed by atoms with van der Waals surface area (Å²) in [4.78, 5) is 29.9. The third-order valence-electron chi connectivity index (χ3n) is 8.23. The van der Waals surface area contributed by atoms with Crippen molar-refractivity contribution in [2.75, 3.05) is 67.2 Å². The van der Waals surface area contributed by atoms with Gasteiger partial charge in [0.1, 0.15) is 18.2 Å². The highest BCUT2D eigenvalue weighted by molar-refractivity contribution is 6.08. The van der Waals surface area contributed by atoms with Crippen molar-refractivity contribution in [2.24, 2.45) is 0 Å². The fraction of sp³-hybridized carbons (Fsp3) is 0.371. The van der Waals surface area contributed by atoms with Crippen LogP contribution in [0.3, 0.4) is 0 Å². The molecule has 1 saturated heterocycles. The summed E-state index contributed by atoms with van der Waals surface area (Å²) in [5.41, 5.74) is 4.63. The van der Waals surface area contributed by atoms with Crippen LogP contribution in [0, 0.1) is 5.82 Å². The van der Waals surface area contributed by atoms with E-state index in [9.17, 15) is 14.0 Å². The molecule has 1 N–H and O–H groups in total. The number of ether oxygens (including phenoxy) is 4. The number of fused-ring (bicyclic) bond motifs is 1. The lowest BCUT2D eigenvalue weighted by atomic mass is 10.00. The molecule has 10 nitrogen and oxygen atoms in total. The van der Waals surface area contributed by atoms with E-state index in [-0.39, 0.29) is 37.0 Å². The number of methoxy groups -OCH3 is 2. The minimum absolute atomic E-state index is 0.0746. The number of carbonyl (C=O) groups is 2. The third-order valence-corrected chi connectivity index (χ3v) is 8.23. The molecule has 0 radical (unpaired) electrons. The van der Waals surface area contributed by atoms with Crippen molar-refractivity contribution in [1.82, 2.24) is 15.1 Å². The second-order valence-corrected chi connectivity index (χ2v) is 11.3. The summed E-state index contributed by atoms with van der Waals surface area (Å²) in [5.74, 6) is 0.583. The number of allylic oxidation sites excluding steroid dienone is 2. The largest absolute Gasteiger partial charge is 0.493 e. The van der Waals surface area contributed by atoms with Crippen molar-refractivity contribution in [3.63, 3.8) is 0 Å². The Labute approximate surface area is 268 Å². The number of nitrogens with one attached hydrogen (secondary N) is 1. The van der Waals surface area contributed by atoms with Crippen molar-refractivity contribution >= 4 is 29.1 Å². The molecule has 2 aliphatic rings. The fourth-order valence-corrected chi connectivity index (χ4v) is 5.63. The summed E-state index contributed by atoms with van der Waals surface area (Å²) >= 11 is 0. The molecule has 0 atom stereocenters. The quantitative estimate of drug-likeness (QED) is 0.270. The van der Waals surface area contributed by atoms with E-state index in [2.05, 4.69) is 22.2 Å². The highest BCUT2D eigenvalue weighted by Crippen LogP contribution is 2.45. The van der Waals surface area contributed by atoms with Crippen LogP contribution in [0.4, 0.5) is 4.39 Å². The van der Waals surface area contributed by atoms with Gasteiger partial charge in [-0.2, -0.15) is 0 Å². The Hall–Kier alpha value is -4.61. The molecule has 1 aromatic heterocycles. The van der Waals surface area contributed by atoms with Crippen molar-refractivity contribution in [3.8, 4) is 17.2 Å². The average molecular weight is 634 g/mol. The van der Waals surface area contributed by atoms with Crippen LogP contribution in [0.25, 0.3) is 17.2 Å². The molecule has 1 fully saturated rings. The SMILES string of the molecule is COc1cc(C=C2C(C)=C(CC(=O)NCc3ccco3)c3cc(F)ccc32)cc(OC)c1OCC(=O)OCCN1CCN(C)CC1. The van der Waals surface area contributed by atoms with Gasteiger partial charge in [0.05, 0.1) is 33.4 Å². The van der Waals surface area contributed by atoms with Gasteiger partial charge in [0.25, 0.3) is 0 Å². The molecule has 3 aromatic rings. The molecule has 1 aliphatic carbocycles.